The molecule has 2 rings (SSSR count). The summed E-state index contributed by atoms with van der Waals surface area (Å²) in [4.78, 5) is 2.65. The molecule has 1 atom stereocenters. The Balaban J connectivity index is 1.68. The van der Waals surface area contributed by atoms with Crippen LogP contribution < -0.4 is 5.32 Å². The molecule has 0 radical (unpaired) electrons. The van der Waals surface area contributed by atoms with Crippen molar-refractivity contribution >= 4 is 0 Å². The molecule has 1 aliphatic heterocycles. The average Bonchev–Trinajstić information content (AvgIpc) is 2.83. The molecule has 1 saturated heterocycles. The Bertz CT molecular complexity index is 173. The highest BCUT2D eigenvalue weighted by atomic mass is 15.1. The molecule has 2 heteroatoms. The molecule has 1 unspecified atom stereocenters. The van der Waals surface area contributed by atoms with Gasteiger partial charge in [-0.2, -0.15) is 0 Å². The van der Waals surface area contributed by atoms with E-state index in [1.54, 1.807) is 0 Å². The molecule has 1 saturated carbocycles. The molecule has 0 bridgehead atoms. The highest BCUT2D eigenvalue weighted by molar-refractivity contribution is 4.83. The van der Waals surface area contributed by atoms with Gasteiger partial charge in [-0.25, -0.2) is 0 Å². The van der Waals surface area contributed by atoms with Crippen molar-refractivity contribution in [3.05, 3.63) is 0 Å². The summed E-state index contributed by atoms with van der Waals surface area (Å²) in [7, 11) is 0. The van der Waals surface area contributed by atoms with Gasteiger partial charge < -0.3 is 10.2 Å². The zero-order chi connectivity index (χ0) is 9.97. The van der Waals surface area contributed by atoms with Gasteiger partial charge in [0.05, 0.1) is 0 Å². The first-order valence-electron chi connectivity index (χ1n) is 6.22. The van der Waals surface area contributed by atoms with Crippen LogP contribution in [0.3, 0.4) is 0 Å². The van der Waals surface area contributed by atoms with Gasteiger partial charge in [-0.3, -0.25) is 0 Å². The topological polar surface area (TPSA) is 15.3 Å². The Morgan fingerprint density at radius 3 is 2.50 bits per heavy atom. The predicted molar refractivity (Wildman–Crippen MR) is 60.4 cm³/mol. The Morgan fingerprint density at radius 1 is 1.36 bits per heavy atom. The minimum atomic E-state index is 0.884. The lowest BCUT2D eigenvalue weighted by Gasteiger charge is -2.35. The molecular formula is C12H24N2. The van der Waals surface area contributed by atoms with Crippen LogP contribution in [0.4, 0.5) is 0 Å². The maximum atomic E-state index is 3.37. The van der Waals surface area contributed by atoms with Crippen molar-refractivity contribution in [2.75, 3.05) is 32.7 Å². The summed E-state index contributed by atoms with van der Waals surface area (Å²) in [5, 5.41) is 3.37. The summed E-state index contributed by atoms with van der Waals surface area (Å²) >= 11 is 0. The van der Waals surface area contributed by atoms with E-state index < -0.39 is 0 Å². The van der Waals surface area contributed by atoms with E-state index in [4.69, 9.17) is 0 Å². The fraction of sp³-hybridized carbons (Fsp3) is 1.00. The molecule has 1 N–H and O–H groups in total. The standard InChI is InChI=1S/C12H24N2/c1-3-14(9-11-4-5-11)8-10(2)12-6-13-7-12/h10-13H,3-9H2,1-2H3. The van der Waals surface area contributed by atoms with Gasteiger partial charge in [0, 0.05) is 13.1 Å². The lowest BCUT2D eigenvalue weighted by Crippen LogP contribution is -2.48. The van der Waals surface area contributed by atoms with E-state index in [1.165, 1.54) is 45.6 Å². The van der Waals surface area contributed by atoms with E-state index in [-0.39, 0.29) is 0 Å². The second-order valence-corrected chi connectivity index (χ2v) is 5.19. The minimum Gasteiger partial charge on any atom is -0.316 e. The van der Waals surface area contributed by atoms with Crippen molar-refractivity contribution in [1.29, 1.82) is 0 Å². The van der Waals surface area contributed by atoms with Gasteiger partial charge >= 0.3 is 0 Å². The van der Waals surface area contributed by atoms with Crippen molar-refractivity contribution in [2.24, 2.45) is 17.8 Å². The third-order valence-electron chi connectivity index (χ3n) is 3.82. The van der Waals surface area contributed by atoms with E-state index in [9.17, 15) is 0 Å². The highest BCUT2D eigenvalue weighted by Gasteiger charge is 2.27. The number of rotatable bonds is 6. The molecule has 2 fully saturated rings. The van der Waals surface area contributed by atoms with Crippen LogP contribution >= 0.6 is 0 Å². The summed E-state index contributed by atoms with van der Waals surface area (Å²) in [5.74, 6) is 2.87. The van der Waals surface area contributed by atoms with Crippen molar-refractivity contribution in [3.63, 3.8) is 0 Å². The van der Waals surface area contributed by atoms with E-state index in [1.807, 2.05) is 0 Å². The Hall–Kier alpha value is -0.0800. The molecule has 2 nitrogen and oxygen atoms in total. The molecule has 1 heterocycles. The van der Waals surface area contributed by atoms with Crippen molar-refractivity contribution < 1.29 is 0 Å². The van der Waals surface area contributed by atoms with E-state index in [2.05, 4.69) is 24.1 Å². The largest absolute Gasteiger partial charge is 0.316 e. The molecule has 0 aromatic carbocycles. The third-order valence-corrected chi connectivity index (χ3v) is 3.82. The van der Waals surface area contributed by atoms with Crippen molar-refractivity contribution in [1.82, 2.24) is 10.2 Å². The lowest BCUT2D eigenvalue weighted by molar-refractivity contribution is 0.166. The SMILES string of the molecule is CCN(CC1CC1)CC(C)C1CNC1. The lowest BCUT2D eigenvalue weighted by atomic mass is 9.88. The van der Waals surface area contributed by atoms with Crippen LogP contribution in [0.2, 0.25) is 0 Å². The van der Waals surface area contributed by atoms with Gasteiger partial charge in [0.25, 0.3) is 0 Å². The smallest absolute Gasteiger partial charge is 0.00106 e. The number of hydrogen-bond acceptors (Lipinski definition) is 2. The predicted octanol–water partition coefficient (Wildman–Crippen LogP) is 1.57. The molecular weight excluding hydrogens is 172 g/mol. The Morgan fingerprint density at radius 2 is 2.07 bits per heavy atom. The average molecular weight is 196 g/mol. The Labute approximate surface area is 88.1 Å². The number of nitrogens with one attached hydrogen (secondary N) is 1. The van der Waals surface area contributed by atoms with Crippen LogP contribution in [0.1, 0.15) is 26.7 Å². The first kappa shape index (κ1) is 10.4. The summed E-state index contributed by atoms with van der Waals surface area (Å²) < 4.78 is 0. The molecule has 2 aliphatic rings. The minimum absolute atomic E-state index is 0.884. The zero-order valence-corrected chi connectivity index (χ0v) is 9.63. The van der Waals surface area contributed by atoms with Crippen LogP contribution in [0.5, 0.6) is 0 Å². The second-order valence-electron chi connectivity index (χ2n) is 5.19. The summed E-state index contributed by atoms with van der Waals surface area (Å²) in [5.41, 5.74) is 0. The molecule has 14 heavy (non-hydrogen) atoms. The third kappa shape index (κ3) is 2.71. The quantitative estimate of drug-likeness (QED) is 0.694. The van der Waals surface area contributed by atoms with E-state index in [0.717, 1.165) is 17.8 Å². The Kier molecular flexibility index (Phi) is 3.45. The molecule has 0 aromatic rings. The van der Waals surface area contributed by atoms with Crippen LogP contribution in [-0.4, -0.2) is 37.6 Å². The number of hydrogen-bond donors (Lipinski definition) is 1. The van der Waals surface area contributed by atoms with E-state index >= 15 is 0 Å². The molecule has 82 valence electrons. The monoisotopic (exact) mass is 196 g/mol. The first-order valence-corrected chi connectivity index (χ1v) is 6.22. The highest BCUT2D eigenvalue weighted by Crippen LogP contribution is 2.30. The van der Waals surface area contributed by atoms with Crippen LogP contribution in [0.25, 0.3) is 0 Å². The fourth-order valence-corrected chi connectivity index (χ4v) is 2.27. The zero-order valence-electron chi connectivity index (χ0n) is 9.63. The molecule has 1 aliphatic carbocycles. The number of nitrogens with zero attached hydrogens (tertiary/aromatic N) is 1. The van der Waals surface area contributed by atoms with Crippen LogP contribution in [0.15, 0.2) is 0 Å². The summed E-state index contributed by atoms with van der Waals surface area (Å²) in [6.07, 6.45) is 2.96. The van der Waals surface area contributed by atoms with Gasteiger partial charge in [0.15, 0.2) is 0 Å². The first-order chi connectivity index (χ1) is 6.79. The van der Waals surface area contributed by atoms with Crippen molar-refractivity contribution in [3.8, 4) is 0 Å². The molecule has 0 aromatic heterocycles. The molecule has 0 amide bonds. The van der Waals surface area contributed by atoms with Gasteiger partial charge in [0.1, 0.15) is 0 Å². The van der Waals surface area contributed by atoms with Gasteiger partial charge in [-0.05, 0) is 50.2 Å². The molecule has 0 spiro atoms. The van der Waals surface area contributed by atoms with Crippen molar-refractivity contribution in [2.45, 2.75) is 26.7 Å². The van der Waals surface area contributed by atoms with Gasteiger partial charge in [-0.15, -0.1) is 0 Å². The maximum Gasteiger partial charge on any atom is 0.00106 e. The van der Waals surface area contributed by atoms with Crippen LogP contribution in [-0.2, 0) is 0 Å². The van der Waals surface area contributed by atoms with Gasteiger partial charge in [-0.1, -0.05) is 13.8 Å². The fourth-order valence-electron chi connectivity index (χ4n) is 2.27. The summed E-state index contributed by atoms with van der Waals surface area (Å²) in [6.45, 7) is 11.1. The summed E-state index contributed by atoms with van der Waals surface area (Å²) in [6, 6.07) is 0. The normalized spacial score (nSPS) is 25.1. The maximum absolute atomic E-state index is 3.37. The van der Waals surface area contributed by atoms with Gasteiger partial charge in [0.2, 0.25) is 0 Å². The van der Waals surface area contributed by atoms with Crippen LogP contribution in [0, 0.1) is 17.8 Å². The second kappa shape index (κ2) is 4.63. The van der Waals surface area contributed by atoms with E-state index in [0.29, 0.717) is 0 Å².